The SMILES string of the molecule is COc1ccc(CNC(=O)CC2CC2)cc1S(=O)(=O)Cl. The lowest BCUT2D eigenvalue weighted by Gasteiger charge is -2.09. The molecular formula is C13H16ClNO4S. The van der Waals surface area contributed by atoms with E-state index in [4.69, 9.17) is 15.4 Å². The summed E-state index contributed by atoms with van der Waals surface area (Å²) in [4.78, 5) is 11.5. The molecule has 0 aliphatic heterocycles. The molecule has 1 aromatic rings. The Morgan fingerprint density at radius 3 is 2.70 bits per heavy atom. The first-order valence-electron chi connectivity index (χ1n) is 6.28. The van der Waals surface area contributed by atoms with Crippen molar-refractivity contribution >= 4 is 25.6 Å². The van der Waals surface area contributed by atoms with Crippen molar-refractivity contribution in [2.45, 2.75) is 30.7 Å². The maximum Gasteiger partial charge on any atom is 0.264 e. The summed E-state index contributed by atoms with van der Waals surface area (Å²) in [5.41, 5.74) is 0.661. The second-order valence-electron chi connectivity index (χ2n) is 4.85. The maximum atomic E-state index is 11.6. The van der Waals surface area contributed by atoms with Crippen LogP contribution in [0, 0.1) is 5.92 Å². The van der Waals surface area contributed by atoms with Crippen molar-refractivity contribution in [3.8, 4) is 5.75 Å². The minimum absolute atomic E-state index is 0.0152. The van der Waals surface area contributed by atoms with Crippen molar-refractivity contribution in [3.05, 3.63) is 23.8 Å². The van der Waals surface area contributed by atoms with Crippen molar-refractivity contribution in [2.24, 2.45) is 5.92 Å². The number of halogens is 1. The fourth-order valence-corrected chi connectivity index (χ4v) is 2.92. The van der Waals surface area contributed by atoms with Crippen molar-refractivity contribution in [3.63, 3.8) is 0 Å². The van der Waals surface area contributed by atoms with Crippen LogP contribution < -0.4 is 10.1 Å². The summed E-state index contributed by atoms with van der Waals surface area (Å²) in [7, 11) is 2.85. The highest BCUT2D eigenvalue weighted by molar-refractivity contribution is 8.13. The molecule has 1 amide bonds. The van der Waals surface area contributed by atoms with Crippen LogP contribution >= 0.6 is 10.7 Å². The predicted molar refractivity (Wildman–Crippen MR) is 75.2 cm³/mol. The molecule has 7 heteroatoms. The van der Waals surface area contributed by atoms with Gasteiger partial charge in [-0.15, -0.1) is 0 Å². The summed E-state index contributed by atoms with van der Waals surface area (Å²) in [6.45, 7) is 0.273. The molecule has 2 rings (SSSR count). The number of rotatable bonds is 6. The normalized spacial score (nSPS) is 14.9. The highest BCUT2D eigenvalue weighted by atomic mass is 35.7. The van der Waals surface area contributed by atoms with Gasteiger partial charge < -0.3 is 10.1 Å². The second kappa shape index (κ2) is 6.01. The van der Waals surface area contributed by atoms with Crippen LogP contribution in [0.25, 0.3) is 0 Å². The number of benzene rings is 1. The third kappa shape index (κ3) is 4.11. The summed E-state index contributed by atoms with van der Waals surface area (Å²) in [5, 5.41) is 2.77. The van der Waals surface area contributed by atoms with E-state index >= 15 is 0 Å². The number of carbonyl (C=O) groups excluding carboxylic acids is 1. The molecule has 20 heavy (non-hydrogen) atoms. The van der Waals surface area contributed by atoms with Crippen molar-refractivity contribution < 1.29 is 17.9 Å². The van der Waals surface area contributed by atoms with Crippen LogP contribution in [0.5, 0.6) is 5.75 Å². The molecule has 1 saturated carbocycles. The van der Waals surface area contributed by atoms with E-state index in [0.717, 1.165) is 12.8 Å². The molecule has 1 aromatic carbocycles. The van der Waals surface area contributed by atoms with Gasteiger partial charge in [0.1, 0.15) is 10.6 Å². The van der Waals surface area contributed by atoms with E-state index in [-0.39, 0.29) is 23.1 Å². The molecule has 1 aliphatic carbocycles. The fourth-order valence-electron chi connectivity index (χ4n) is 1.88. The zero-order valence-electron chi connectivity index (χ0n) is 11.1. The molecule has 0 spiro atoms. The molecule has 0 bridgehead atoms. The fraction of sp³-hybridized carbons (Fsp3) is 0.462. The van der Waals surface area contributed by atoms with Crippen LogP contribution in [0.15, 0.2) is 23.1 Å². The van der Waals surface area contributed by atoms with Crippen molar-refractivity contribution in [2.75, 3.05) is 7.11 Å². The predicted octanol–water partition coefficient (Wildman–Crippen LogP) is 2.04. The minimum atomic E-state index is -3.88. The van der Waals surface area contributed by atoms with Gasteiger partial charge in [0.25, 0.3) is 9.05 Å². The lowest BCUT2D eigenvalue weighted by molar-refractivity contribution is -0.121. The Labute approximate surface area is 122 Å². The highest BCUT2D eigenvalue weighted by Crippen LogP contribution is 2.32. The van der Waals surface area contributed by atoms with E-state index < -0.39 is 9.05 Å². The molecule has 0 aromatic heterocycles. The van der Waals surface area contributed by atoms with Gasteiger partial charge in [0.15, 0.2) is 0 Å². The molecule has 1 fully saturated rings. The van der Waals surface area contributed by atoms with Crippen LogP contribution in [0.4, 0.5) is 0 Å². The van der Waals surface area contributed by atoms with Gasteiger partial charge in [0.05, 0.1) is 7.11 Å². The van der Waals surface area contributed by atoms with E-state index in [0.29, 0.717) is 17.9 Å². The Balaban J connectivity index is 2.06. The van der Waals surface area contributed by atoms with Gasteiger partial charge in [-0.3, -0.25) is 4.79 Å². The lowest BCUT2D eigenvalue weighted by atomic mass is 10.2. The maximum absolute atomic E-state index is 11.6. The molecule has 0 unspecified atom stereocenters. The zero-order chi connectivity index (χ0) is 14.8. The van der Waals surface area contributed by atoms with Gasteiger partial charge >= 0.3 is 0 Å². The average molecular weight is 318 g/mol. The van der Waals surface area contributed by atoms with Crippen LogP contribution in [0.3, 0.4) is 0 Å². The van der Waals surface area contributed by atoms with Gasteiger partial charge in [-0.05, 0) is 36.5 Å². The van der Waals surface area contributed by atoms with Gasteiger partial charge in [0, 0.05) is 23.6 Å². The van der Waals surface area contributed by atoms with Crippen LogP contribution in [0.2, 0.25) is 0 Å². The Morgan fingerprint density at radius 1 is 1.45 bits per heavy atom. The molecule has 1 aliphatic rings. The number of amides is 1. The first kappa shape index (κ1) is 15.1. The molecule has 0 radical (unpaired) electrons. The Bertz CT molecular complexity index is 611. The summed E-state index contributed by atoms with van der Waals surface area (Å²) in [5.74, 6) is 0.691. The number of ether oxygens (including phenoxy) is 1. The molecule has 0 atom stereocenters. The second-order valence-corrected chi connectivity index (χ2v) is 7.38. The number of carbonyl (C=O) groups is 1. The van der Waals surface area contributed by atoms with Crippen LogP contribution in [0.1, 0.15) is 24.8 Å². The molecule has 0 saturated heterocycles. The molecule has 110 valence electrons. The smallest absolute Gasteiger partial charge is 0.264 e. The number of methoxy groups -OCH3 is 1. The summed E-state index contributed by atoms with van der Waals surface area (Å²) in [6.07, 6.45) is 2.77. The number of hydrogen-bond acceptors (Lipinski definition) is 4. The Kier molecular flexibility index (Phi) is 4.55. The molecular weight excluding hydrogens is 302 g/mol. The zero-order valence-corrected chi connectivity index (χ0v) is 12.6. The van der Waals surface area contributed by atoms with Crippen molar-refractivity contribution in [1.82, 2.24) is 5.32 Å². The van der Waals surface area contributed by atoms with E-state index in [2.05, 4.69) is 5.32 Å². The van der Waals surface area contributed by atoms with E-state index in [1.54, 1.807) is 6.07 Å². The summed E-state index contributed by atoms with van der Waals surface area (Å²) < 4.78 is 27.9. The minimum Gasteiger partial charge on any atom is -0.495 e. The first-order valence-corrected chi connectivity index (χ1v) is 8.59. The third-order valence-electron chi connectivity index (χ3n) is 3.15. The number of nitrogens with one attached hydrogen (secondary N) is 1. The quantitative estimate of drug-likeness (QED) is 0.815. The molecule has 1 N–H and O–H groups in total. The highest BCUT2D eigenvalue weighted by Gasteiger charge is 2.24. The first-order chi connectivity index (χ1) is 9.40. The average Bonchev–Trinajstić information content (AvgIpc) is 3.19. The number of hydrogen-bond donors (Lipinski definition) is 1. The topological polar surface area (TPSA) is 72.5 Å². The summed E-state index contributed by atoms with van der Waals surface area (Å²) in [6, 6.07) is 4.64. The standard InChI is InChI=1S/C13H16ClNO4S/c1-19-11-5-4-10(6-12(11)20(14,17)18)8-15-13(16)7-9-2-3-9/h4-6,9H,2-3,7-8H2,1H3,(H,15,16). The van der Waals surface area contributed by atoms with Gasteiger partial charge in [-0.1, -0.05) is 6.07 Å². The Hall–Kier alpha value is -1.27. The van der Waals surface area contributed by atoms with Crippen LogP contribution in [-0.2, 0) is 20.4 Å². The van der Waals surface area contributed by atoms with E-state index in [1.807, 2.05) is 0 Å². The monoisotopic (exact) mass is 317 g/mol. The lowest BCUT2D eigenvalue weighted by Crippen LogP contribution is -2.23. The van der Waals surface area contributed by atoms with Gasteiger partial charge in [0.2, 0.25) is 5.91 Å². The molecule has 5 nitrogen and oxygen atoms in total. The largest absolute Gasteiger partial charge is 0.495 e. The Morgan fingerprint density at radius 2 is 2.15 bits per heavy atom. The third-order valence-corrected chi connectivity index (χ3v) is 4.49. The van der Waals surface area contributed by atoms with E-state index in [1.165, 1.54) is 19.2 Å². The molecule has 0 heterocycles. The summed E-state index contributed by atoms with van der Waals surface area (Å²) >= 11 is 0. The van der Waals surface area contributed by atoms with E-state index in [9.17, 15) is 13.2 Å². The van der Waals surface area contributed by atoms with Crippen LogP contribution in [-0.4, -0.2) is 21.4 Å². The van der Waals surface area contributed by atoms with Crippen molar-refractivity contribution in [1.29, 1.82) is 0 Å². The van der Waals surface area contributed by atoms with Gasteiger partial charge in [-0.25, -0.2) is 8.42 Å². The van der Waals surface area contributed by atoms with Gasteiger partial charge in [-0.2, -0.15) is 0 Å².